The molecule has 3 rings (SSSR count). The number of amides is 1. The van der Waals surface area contributed by atoms with Crippen LogP contribution in [0.3, 0.4) is 0 Å². The van der Waals surface area contributed by atoms with Gasteiger partial charge in [0.05, 0.1) is 5.69 Å². The molecule has 6 heteroatoms. The predicted octanol–water partition coefficient (Wildman–Crippen LogP) is 4.38. The second-order valence-electron chi connectivity index (χ2n) is 7.51. The van der Waals surface area contributed by atoms with Crippen LogP contribution >= 0.6 is 0 Å². The van der Waals surface area contributed by atoms with Gasteiger partial charge in [-0.3, -0.25) is 4.90 Å². The molecule has 1 aliphatic heterocycles. The molecule has 0 saturated carbocycles. The summed E-state index contributed by atoms with van der Waals surface area (Å²) in [6.45, 7) is 5.80. The van der Waals surface area contributed by atoms with Gasteiger partial charge in [0.2, 0.25) is 0 Å². The number of hydrogen-bond acceptors (Lipinski definition) is 4. The Bertz CT molecular complexity index is 823. The fourth-order valence-electron chi connectivity index (χ4n) is 3.37. The highest BCUT2D eigenvalue weighted by atomic mass is 19.1. The third-order valence-electron chi connectivity index (χ3n) is 5.28. The molecular formula is C22H28FN3O2. The molecule has 2 aromatic carbocycles. The van der Waals surface area contributed by atoms with E-state index in [-0.39, 0.29) is 5.82 Å². The fourth-order valence-corrected chi connectivity index (χ4v) is 3.37. The average molecular weight is 385 g/mol. The lowest BCUT2D eigenvalue weighted by molar-refractivity contribution is 0.209. The molecule has 5 nitrogen and oxygen atoms in total. The van der Waals surface area contributed by atoms with Gasteiger partial charge in [0.15, 0.2) is 0 Å². The van der Waals surface area contributed by atoms with E-state index in [1.165, 1.54) is 16.5 Å². The SMILES string of the molecule is CNC1CCN(c2ccc(N(C)C(=O)Oc3ccc(C(C)C)cc3)cc2F)C1. The number of benzene rings is 2. The van der Waals surface area contributed by atoms with Crippen LogP contribution in [-0.2, 0) is 0 Å². The summed E-state index contributed by atoms with van der Waals surface area (Å²) >= 11 is 0. The maximum absolute atomic E-state index is 14.7. The molecule has 1 aliphatic rings. The van der Waals surface area contributed by atoms with E-state index in [4.69, 9.17) is 4.74 Å². The Kier molecular flexibility index (Phi) is 6.19. The van der Waals surface area contributed by atoms with Gasteiger partial charge in [-0.15, -0.1) is 0 Å². The third kappa shape index (κ3) is 4.44. The second-order valence-corrected chi connectivity index (χ2v) is 7.51. The van der Waals surface area contributed by atoms with Crippen molar-refractivity contribution >= 4 is 17.5 Å². The minimum absolute atomic E-state index is 0.338. The first-order valence-electron chi connectivity index (χ1n) is 9.66. The van der Waals surface area contributed by atoms with Gasteiger partial charge in [-0.1, -0.05) is 26.0 Å². The van der Waals surface area contributed by atoms with E-state index >= 15 is 0 Å². The summed E-state index contributed by atoms with van der Waals surface area (Å²) in [5.41, 5.74) is 2.19. The zero-order chi connectivity index (χ0) is 20.3. The van der Waals surface area contributed by atoms with Crippen LogP contribution in [0.4, 0.5) is 20.6 Å². The molecule has 1 saturated heterocycles. The lowest BCUT2D eigenvalue weighted by Gasteiger charge is -2.22. The van der Waals surface area contributed by atoms with Gasteiger partial charge in [-0.2, -0.15) is 0 Å². The van der Waals surface area contributed by atoms with Crippen molar-refractivity contribution < 1.29 is 13.9 Å². The number of nitrogens with one attached hydrogen (secondary N) is 1. The van der Waals surface area contributed by atoms with Crippen molar-refractivity contribution in [3.8, 4) is 5.75 Å². The zero-order valence-electron chi connectivity index (χ0n) is 16.9. The van der Waals surface area contributed by atoms with Gasteiger partial charge in [0.1, 0.15) is 11.6 Å². The third-order valence-corrected chi connectivity index (χ3v) is 5.28. The van der Waals surface area contributed by atoms with E-state index in [0.29, 0.717) is 29.1 Å². The largest absolute Gasteiger partial charge is 0.419 e. The monoisotopic (exact) mass is 385 g/mol. The summed E-state index contributed by atoms with van der Waals surface area (Å²) in [4.78, 5) is 15.8. The minimum Gasteiger partial charge on any atom is -0.410 e. The van der Waals surface area contributed by atoms with Crippen LogP contribution in [-0.4, -0.2) is 39.3 Å². The van der Waals surface area contributed by atoms with Crippen LogP contribution in [0.5, 0.6) is 5.75 Å². The van der Waals surface area contributed by atoms with Crippen molar-refractivity contribution in [1.29, 1.82) is 0 Å². The molecule has 0 radical (unpaired) electrons. The van der Waals surface area contributed by atoms with Gasteiger partial charge in [-0.25, -0.2) is 9.18 Å². The van der Waals surface area contributed by atoms with E-state index in [0.717, 1.165) is 19.5 Å². The Morgan fingerprint density at radius 1 is 1.25 bits per heavy atom. The number of likely N-dealkylation sites (N-methyl/N-ethyl adjacent to an activating group) is 1. The summed E-state index contributed by atoms with van der Waals surface area (Å²) in [6, 6.07) is 12.7. The molecule has 28 heavy (non-hydrogen) atoms. The van der Waals surface area contributed by atoms with Crippen molar-refractivity contribution in [2.75, 3.05) is 37.0 Å². The summed E-state index contributed by atoms with van der Waals surface area (Å²) in [5.74, 6) is 0.539. The van der Waals surface area contributed by atoms with E-state index in [2.05, 4.69) is 19.2 Å². The number of carbonyl (C=O) groups is 1. The van der Waals surface area contributed by atoms with Crippen LogP contribution < -0.4 is 19.9 Å². The average Bonchev–Trinajstić information content (AvgIpc) is 3.16. The predicted molar refractivity (Wildman–Crippen MR) is 111 cm³/mol. The number of rotatable bonds is 5. The van der Waals surface area contributed by atoms with Crippen molar-refractivity contribution in [3.63, 3.8) is 0 Å². The van der Waals surface area contributed by atoms with Crippen LogP contribution in [0, 0.1) is 5.82 Å². The first-order valence-corrected chi connectivity index (χ1v) is 9.66. The summed E-state index contributed by atoms with van der Waals surface area (Å²) in [6.07, 6.45) is 0.431. The highest BCUT2D eigenvalue weighted by molar-refractivity contribution is 5.88. The van der Waals surface area contributed by atoms with Crippen LogP contribution in [0.1, 0.15) is 31.7 Å². The number of carbonyl (C=O) groups excluding carboxylic acids is 1. The minimum atomic E-state index is -0.555. The molecular weight excluding hydrogens is 357 g/mol. The van der Waals surface area contributed by atoms with Crippen molar-refractivity contribution in [2.45, 2.75) is 32.2 Å². The molecule has 0 spiro atoms. The summed E-state index contributed by atoms with van der Waals surface area (Å²) in [7, 11) is 3.50. The molecule has 0 aliphatic carbocycles. The number of halogens is 1. The Labute approximate surface area is 166 Å². The molecule has 1 atom stereocenters. The van der Waals surface area contributed by atoms with E-state index in [1.807, 2.05) is 24.1 Å². The number of ether oxygens (including phenoxy) is 1. The van der Waals surface area contributed by atoms with Gasteiger partial charge >= 0.3 is 6.09 Å². The molecule has 1 heterocycles. The Hall–Kier alpha value is -2.60. The normalized spacial score (nSPS) is 16.5. The van der Waals surface area contributed by atoms with Gasteiger partial charge < -0.3 is 15.0 Å². The van der Waals surface area contributed by atoms with Crippen molar-refractivity contribution in [3.05, 3.63) is 53.8 Å². The highest BCUT2D eigenvalue weighted by Gasteiger charge is 2.24. The smallest absolute Gasteiger partial charge is 0.410 e. The maximum Gasteiger partial charge on any atom is 0.419 e. The molecule has 0 aromatic heterocycles. The Balaban J connectivity index is 1.67. The molecule has 2 aromatic rings. The first kappa shape index (κ1) is 20.1. The molecule has 1 fully saturated rings. The maximum atomic E-state index is 14.7. The lowest BCUT2D eigenvalue weighted by atomic mass is 10.0. The molecule has 1 N–H and O–H groups in total. The standard InChI is InChI=1S/C22H28FN3O2/c1-15(2)16-5-8-19(9-6-16)28-22(27)25(4)18-7-10-21(20(23)13-18)26-12-11-17(14-26)24-3/h5-10,13,15,17,24H,11-12,14H2,1-4H3. The van der Waals surface area contributed by atoms with Gasteiger partial charge in [0.25, 0.3) is 0 Å². The molecule has 1 unspecified atom stereocenters. The second kappa shape index (κ2) is 8.61. The summed E-state index contributed by atoms with van der Waals surface area (Å²) in [5, 5.41) is 3.23. The van der Waals surface area contributed by atoms with Crippen LogP contribution in [0.15, 0.2) is 42.5 Å². The van der Waals surface area contributed by atoms with Crippen molar-refractivity contribution in [2.24, 2.45) is 0 Å². The zero-order valence-corrected chi connectivity index (χ0v) is 16.9. The molecule has 150 valence electrons. The van der Waals surface area contributed by atoms with Gasteiger partial charge in [-0.05, 0) is 55.3 Å². The number of anilines is 2. The summed E-state index contributed by atoms with van der Waals surface area (Å²) < 4.78 is 20.1. The van der Waals surface area contributed by atoms with Crippen LogP contribution in [0.25, 0.3) is 0 Å². The topological polar surface area (TPSA) is 44.8 Å². The quantitative estimate of drug-likeness (QED) is 0.830. The van der Waals surface area contributed by atoms with Gasteiger partial charge in [0, 0.05) is 31.9 Å². The Morgan fingerprint density at radius 2 is 1.96 bits per heavy atom. The highest BCUT2D eigenvalue weighted by Crippen LogP contribution is 2.28. The number of nitrogens with zero attached hydrogens (tertiary/aromatic N) is 2. The van der Waals surface area contributed by atoms with Crippen LogP contribution in [0.2, 0.25) is 0 Å². The number of hydrogen-bond donors (Lipinski definition) is 1. The van der Waals surface area contributed by atoms with E-state index in [9.17, 15) is 9.18 Å². The Morgan fingerprint density at radius 3 is 2.54 bits per heavy atom. The lowest BCUT2D eigenvalue weighted by Crippen LogP contribution is -2.31. The molecule has 1 amide bonds. The van der Waals surface area contributed by atoms with E-state index in [1.54, 1.807) is 31.3 Å². The molecule has 0 bridgehead atoms. The first-order chi connectivity index (χ1) is 13.4. The van der Waals surface area contributed by atoms with E-state index < -0.39 is 6.09 Å². The fraction of sp³-hybridized carbons (Fsp3) is 0.409. The van der Waals surface area contributed by atoms with Crippen molar-refractivity contribution in [1.82, 2.24) is 5.32 Å².